The fraction of sp³-hybridized carbons (Fsp3) is 0.263. The first-order chi connectivity index (χ1) is 12.9. The highest BCUT2D eigenvalue weighted by Crippen LogP contribution is 2.33. The Bertz CT molecular complexity index is 1070. The molecule has 0 radical (unpaired) electrons. The van der Waals surface area contributed by atoms with Crippen LogP contribution in [0.15, 0.2) is 35.4 Å². The molecule has 27 heavy (non-hydrogen) atoms. The minimum Gasteiger partial charge on any atom is -0.324 e. The monoisotopic (exact) mass is 381 g/mol. The third-order valence-corrected chi connectivity index (χ3v) is 5.44. The van der Waals surface area contributed by atoms with Crippen LogP contribution in [-0.4, -0.2) is 32.3 Å². The van der Waals surface area contributed by atoms with Gasteiger partial charge in [0.2, 0.25) is 5.91 Å². The highest BCUT2D eigenvalue weighted by Gasteiger charge is 2.18. The molecular formula is C19H19N5O2S. The lowest BCUT2D eigenvalue weighted by molar-refractivity contribution is -0.113. The van der Waals surface area contributed by atoms with Gasteiger partial charge in [0.1, 0.15) is 0 Å². The molecule has 0 spiro atoms. The molecule has 0 saturated carbocycles. The summed E-state index contributed by atoms with van der Waals surface area (Å²) in [5.41, 5.74) is 3.26. The predicted octanol–water partition coefficient (Wildman–Crippen LogP) is 3.62. The zero-order valence-electron chi connectivity index (χ0n) is 15.2. The van der Waals surface area contributed by atoms with Crippen LogP contribution >= 0.6 is 11.8 Å². The van der Waals surface area contributed by atoms with Crippen LogP contribution in [0, 0.1) is 6.92 Å². The Morgan fingerprint density at radius 2 is 2.15 bits per heavy atom. The Labute approximate surface area is 160 Å². The first kappa shape index (κ1) is 17.5. The van der Waals surface area contributed by atoms with Crippen LogP contribution in [0.25, 0.3) is 11.0 Å². The molecule has 0 atom stereocenters. The van der Waals surface area contributed by atoms with E-state index in [9.17, 15) is 9.59 Å². The minimum absolute atomic E-state index is 0.0383. The van der Waals surface area contributed by atoms with Crippen molar-refractivity contribution in [2.45, 2.75) is 31.7 Å². The second-order valence-electron chi connectivity index (χ2n) is 6.72. The van der Waals surface area contributed by atoms with Crippen LogP contribution in [0.2, 0.25) is 0 Å². The molecule has 0 unspecified atom stereocenters. The van der Waals surface area contributed by atoms with Crippen LogP contribution in [0.4, 0.5) is 11.4 Å². The largest absolute Gasteiger partial charge is 0.324 e. The molecule has 4 rings (SSSR count). The Morgan fingerprint density at radius 3 is 2.93 bits per heavy atom. The molecule has 8 heteroatoms. The highest BCUT2D eigenvalue weighted by molar-refractivity contribution is 8.00. The predicted molar refractivity (Wildman–Crippen MR) is 106 cm³/mol. The first-order valence-electron chi connectivity index (χ1n) is 8.65. The van der Waals surface area contributed by atoms with Gasteiger partial charge in [0.15, 0.2) is 5.65 Å². The van der Waals surface area contributed by atoms with Gasteiger partial charge >= 0.3 is 0 Å². The molecule has 138 valence electrons. The molecule has 0 aliphatic carbocycles. The zero-order valence-corrected chi connectivity index (χ0v) is 16.1. The van der Waals surface area contributed by atoms with Gasteiger partial charge in [-0.3, -0.25) is 9.59 Å². The van der Waals surface area contributed by atoms with Crippen molar-refractivity contribution in [1.29, 1.82) is 0 Å². The van der Waals surface area contributed by atoms with E-state index in [1.165, 1.54) is 11.8 Å². The van der Waals surface area contributed by atoms with Crippen molar-refractivity contribution in [3.63, 3.8) is 0 Å². The van der Waals surface area contributed by atoms with E-state index in [1.54, 1.807) is 12.3 Å². The van der Waals surface area contributed by atoms with Gasteiger partial charge < -0.3 is 10.6 Å². The fourth-order valence-electron chi connectivity index (χ4n) is 3.03. The number of amides is 2. The minimum atomic E-state index is -0.242. The Morgan fingerprint density at radius 1 is 1.33 bits per heavy atom. The molecular weight excluding hydrogens is 362 g/mol. The van der Waals surface area contributed by atoms with Crippen LogP contribution in [0.5, 0.6) is 0 Å². The second-order valence-corrected chi connectivity index (χ2v) is 7.74. The Kier molecular flexibility index (Phi) is 4.35. The molecule has 7 nitrogen and oxygen atoms in total. The molecule has 3 heterocycles. The van der Waals surface area contributed by atoms with E-state index in [4.69, 9.17) is 0 Å². The average Bonchev–Trinajstić information content (AvgIpc) is 3.03. The third-order valence-electron chi connectivity index (χ3n) is 4.36. The van der Waals surface area contributed by atoms with E-state index in [0.29, 0.717) is 22.7 Å². The maximum Gasteiger partial charge on any atom is 0.257 e. The highest BCUT2D eigenvalue weighted by atomic mass is 32.2. The maximum absolute atomic E-state index is 12.8. The van der Waals surface area contributed by atoms with Crippen molar-refractivity contribution in [3.05, 3.63) is 41.7 Å². The average molecular weight is 381 g/mol. The summed E-state index contributed by atoms with van der Waals surface area (Å²) in [6, 6.07) is 7.51. The number of hydrogen-bond donors (Lipinski definition) is 2. The number of hydrogen-bond acceptors (Lipinski definition) is 5. The quantitative estimate of drug-likeness (QED) is 0.723. The van der Waals surface area contributed by atoms with E-state index in [2.05, 4.69) is 20.7 Å². The molecule has 1 aromatic carbocycles. The number of carbonyl (C=O) groups is 2. The maximum atomic E-state index is 12.8. The van der Waals surface area contributed by atoms with Crippen LogP contribution in [-0.2, 0) is 4.79 Å². The number of nitrogens with zero attached hydrogens (tertiary/aromatic N) is 3. The molecule has 1 aliphatic heterocycles. The van der Waals surface area contributed by atoms with E-state index >= 15 is 0 Å². The number of pyridine rings is 1. The smallest absolute Gasteiger partial charge is 0.257 e. The summed E-state index contributed by atoms with van der Waals surface area (Å²) >= 11 is 1.49. The molecule has 1 aliphatic rings. The van der Waals surface area contributed by atoms with Gasteiger partial charge in [0.05, 0.1) is 28.9 Å². The number of benzene rings is 1. The van der Waals surface area contributed by atoms with Gasteiger partial charge in [-0.2, -0.15) is 5.10 Å². The number of anilines is 2. The van der Waals surface area contributed by atoms with E-state index < -0.39 is 0 Å². The SMILES string of the molecule is Cc1nc2c(cnn2C(C)C)cc1C(=O)Nc1ccc2c(c1)NC(=O)CS2. The standard InChI is InChI=1S/C19H19N5O2S/c1-10(2)24-18-12(8-20-24)6-14(11(3)21-18)19(26)22-13-4-5-16-15(7-13)23-17(25)9-27-16/h4-8,10H,9H2,1-3H3,(H,22,26)(H,23,25). The lowest BCUT2D eigenvalue weighted by Gasteiger charge is -2.17. The molecule has 0 saturated heterocycles. The molecule has 0 bridgehead atoms. The molecule has 2 amide bonds. The second kappa shape index (κ2) is 6.70. The summed E-state index contributed by atoms with van der Waals surface area (Å²) in [6.45, 7) is 5.89. The molecule has 0 fully saturated rings. The number of aromatic nitrogens is 3. The normalized spacial score (nSPS) is 13.6. The van der Waals surface area contributed by atoms with Gasteiger partial charge in [-0.25, -0.2) is 9.67 Å². The Balaban J connectivity index is 1.62. The fourth-order valence-corrected chi connectivity index (χ4v) is 3.82. The molecule has 3 aromatic rings. The third kappa shape index (κ3) is 3.28. The van der Waals surface area contributed by atoms with Crippen molar-refractivity contribution in [2.24, 2.45) is 0 Å². The van der Waals surface area contributed by atoms with Gasteiger partial charge in [0.25, 0.3) is 5.91 Å². The van der Waals surface area contributed by atoms with Crippen LogP contribution in [0.3, 0.4) is 0 Å². The number of carbonyl (C=O) groups excluding carboxylic acids is 2. The number of fused-ring (bicyclic) bond motifs is 2. The van der Waals surface area contributed by atoms with Crippen LogP contribution < -0.4 is 10.6 Å². The Hall–Kier alpha value is -2.87. The van der Waals surface area contributed by atoms with Crippen molar-refractivity contribution in [2.75, 3.05) is 16.4 Å². The lowest BCUT2D eigenvalue weighted by atomic mass is 10.1. The van der Waals surface area contributed by atoms with Crippen molar-refractivity contribution in [3.8, 4) is 0 Å². The first-order valence-corrected chi connectivity index (χ1v) is 9.64. The van der Waals surface area contributed by atoms with E-state index in [1.807, 2.05) is 43.7 Å². The van der Waals surface area contributed by atoms with Gasteiger partial charge in [-0.1, -0.05) is 0 Å². The van der Waals surface area contributed by atoms with Gasteiger partial charge in [-0.15, -0.1) is 11.8 Å². The van der Waals surface area contributed by atoms with Crippen molar-refractivity contribution in [1.82, 2.24) is 14.8 Å². The summed E-state index contributed by atoms with van der Waals surface area (Å²) in [5, 5.41) is 10.9. The number of rotatable bonds is 3. The van der Waals surface area contributed by atoms with Gasteiger partial charge in [0, 0.05) is 22.0 Å². The summed E-state index contributed by atoms with van der Waals surface area (Å²) in [5.74, 6) is 0.130. The number of nitrogens with one attached hydrogen (secondary N) is 2. The van der Waals surface area contributed by atoms with Crippen LogP contribution in [0.1, 0.15) is 35.9 Å². The van der Waals surface area contributed by atoms with E-state index in [-0.39, 0.29) is 17.9 Å². The summed E-state index contributed by atoms with van der Waals surface area (Å²) in [4.78, 5) is 29.9. The number of thioether (sulfide) groups is 1. The summed E-state index contributed by atoms with van der Waals surface area (Å²) in [6.07, 6.45) is 1.73. The van der Waals surface area contributed by atoms with Gasteiger partial charge in [-0.05, 0) is 45.0 Å². The zero-order chi connectivity index (χ0) is 19.1. The van der Waals surface area contributed by atoms with E-state index in [0.717, 1.165) is 21.6 Å². The number of aryl methyl sites for hydroxylation is 1. The molecule has 2 aromatic heterocycles. The topological polar surface area (TPSA) is 88.9 Å². The molecule has 2 N–H and O–H groups in total. The summed E-state index contributed by atoms with van der Waals surface area (Å²) < 4.78 is 1.84. The van der Waals surface area contributed by atoms with Crippen molar-refractivity contribution < 1.29 is 9.59 Å². The lowest BCUT2D eigenvalue weighted by Crippen LogP contribution is -2.19. The summed E-state index contributed by atoms with van der Waals surface area (Å²) in [7, 11) is 0. The van der Waals surface area contributed by atoms with Crippen molar-refractivity contribution >= 4 is 46.0 Å².